The highest BCUT2D eigenvalue weighted by Crippen LogP contribution is 2.38. The predicted octanol–water partition coefficient (Wildman–Crippen LogP) is 2.13. The molecule has 104 valence electrons. The summed E-state index contributed by atoms with van der Waals surface area (Å²) in [5, 5.41) is 12.5. The Balaban J connectivity index is 2.08. The fourth-order valence-corrected chi connectivity index (χ4v) is 2.38. The molecule has 0 radical (unpaired) electrons. The van der Waals surface area contributed by atoms with Crippen molar-refractivity contribution >= 4 is 11.7 Å². The molecule has 5 nitrogen and oxygen atoms in total. The molecule has 1 aliphatic rings. The molecule has 0 aromatic heterocycles. The van der Waals surface area contributed by atoms with Gasteiger partial charge in [-0.2, -0.15) is 0 Å². The third-order valence-electron chi connectivity index (χ3n) is 3.42. The lowest BCUT2D eigenvalue weighted by molar-refractivity contribution is -0.152. The van der Waals surface area contributed by atoms with Crippen LogP contribution < -0.4 is 10.1 Å². The molecular formula is C14H19NO4. The number of carbonyl (C=O) groups is 1. The number of hydrogen-bond acceptors (Lipinski definition) is 4. The quantitative estimate of drug-likeness (QED) is 0.824. The summed E-state index contributed by atoms with van der Waals surface area (Å²) in [5.41, 5.74) is -0.177. The first-order valence-electron chi connectivity index (χ1n) is 6.37. The van der Waals surface area contributed by atoms with Crippen molar-refractivity contribution in [1.29, 1.82) is 0 Å². The van der Waals surface area contributed by atoms with Crippen LogP contribution in [0.4, 0.5) is 5.69 Å². The molecule has 19 heavy (non-hydrogen) atoms. The Morgan fingerprint density at radius 1 is 1.53 bits per heavy atom. The zero-order chi connectivity index (χ0) is 13.9. The van der Waals surface area contributed by atoms with Gasteiger partial charge < -0.3 is 19.9 Å². The number of rotatable bonds is 6. The molecule has 1 aromatic rings. The van der Waals surface area contributed by atoms with E-state index in [9.17, 15) is 9.90 Å². The first kappa shape index (κ1) is 13.7. The molecule has 2 N–H and O–H groups in total. The molecule has 0 saturated heterocycles. The second-order valence-electron chi connectivity index (χ2n) is 4.73. The van der Waals surface area contributed by atoms with Gasteiger partial charge in [-0.3, -0.25) is 0 Å². The van der Waals surface area contributed by atoms with Crippen molar-refractivity contribution in [1.82, 2.24) is 0 Å². The minimum Gasteiger partial charge on any atom is -0.497 e. The van der Waals surface area contributed by atoms with E-state index in [1.165, 1.54) is 0 Å². The minimum atomic E-state index is -0.924. The Morgan fingerprint density at radius 3 is 2.84 bits per heavy atom. The third-order valence-corrected chi connectivity index (χ3v) is 3.42. The number of anilines is 1. The Labute approximate surface area is 112 Å². The van der Waals surface area contributed by atoms with Crippen LogP contribution in [0, 0.1) is 0 Å². The number of methoxy groups -OCH3 is 1. The average molecular weight is 265 g/mol. The molecule has 0 aliphatic heterocycles. The Kier molecular flexibility index (Phi) is 3.95. The molecule has 0 atom stereocenters. The van der Waals surface area contributed by atoms with Crippen molar-refractivity contribution in [3.63, 3.8) is 0 Å². The van der Waals surface area contributed by atoms with Crippen LogP contribution in [0.2, 0.25) is 0 Å². The second kappa shape index (κ2) is 5.48. The van der Waals surface area contributed by atoms with Crippen molar-refractivity contribution in [2.45, 2.75) is 31.4 Å². The molecular weight excluding hydrogens is 246 g/mol. The highest BCUT2D eigenvalue weighted by molar-refractivity contribution is 5.84. The van der Waals surface area contributed by atoms with Gasteiger partial charge in [0.25, 0.3) is 0 Å². The first-order chi connectivity index (χ1) is 9.09. The fraction of sp³-hybridized carbons (Fsp3) is 0.500. The summed E-state index contributed by atoms with van der Waals surface area (Å²) in [6, 6.07) is 7.28. The number of carboxylic acid groups (broad SMARTS) is 1. The summed E-state index contributed by atoms with van der Waals surface area (Å²) >= 11 is 0. The summed E-state index contributed by atoms with van der Waals surface area (Å²) in [6.07, 6.45) is 0.986. The van der Waals surface area contributed by atoms with Crippen LogP contribution in [0.25, 0.3) is 0 Å². The molecule has 0 unspecified atom stereocenters. The number of aliphatic carboxylic acids is 1. The van der Waals surface area contributed by atoms with Gasteiger partial charge in [0.2, 0.25) is 0 Å². The van der Waals surface area contributed by atoms with E-state index in [0.29, 0.717) is 25.2 Å². The number of ether oxygens (including phenoxy) is 2. The largest absolute Gasteiger partial charge is 0.497 e. The van der Waals surface area contributed by atoms with Crippen molar-refractivity contribution < 1.29 is 19.4 Å². The summed E-state index contributed by atoms with van der Waals surface area (Å²) in [4.78, 5) is 11.5. The van der Waals surface area contributed by atoms with Crippen LogP contribution in [0.15, 0.2) is 24.3 Å². The van der Waals surface area contributed by atoms with Gasteiger partial charge >= 0.3 is 5.97 Å². The van der Waals surface area contributed by atoms with Gasteiger partial charge in [-0.25, -0.2) is 4.79 Å². The van der Waals surface area contributed by atoms with E-state index in [-0.39, 0.29) is 6.10 Å². The highest BCUT2D eigenvalue weighted by atomic mass is 16.5. The number of benzene rings is 1. The molecule has 0 bridgehead atoms. The van der Waals surface area contributed by atoms with Crippen LogP contribution in [-0.4, -0.2) is 36.4 Å². The van der Waals surface area contributed by atoms with Crippen molar-refractivity contribution in [2.24, 2.45) is 0 Å². The van der Waals surface area contributed by atoms with Gasteiger partial charge in [0.15, 0.2) is 0 Å². The Morgan fingerprint density at radius 2 is 2.26 bits per heavy atom. The molecule has 0 amide bonds. The highest BCUT2D eigenvalue weighted by Gasteiger charge is 2.51. The van der Waals surface area contributed by atoms with Crippen molar-refractivity contribution in [3.8, 4) is 5.75 Å². The third kappa shape index (κ3) is 2.81. The van der Waals surface area contributed by atoms with E-state index in [1.807, 2.05) is 25.1 Å². The Hall–Kier alpha value is -1.75. The summed E-state index contributed by atoms with van der Waals surface area (Å²) < 4.78 is 10.6. The zero-order valence-electron chi connectivity index (χ0n) is 11.2. The van der Waals surface area contributed by atoms with Crippen LogP contribution in [0.5, 0.6) is 5.75 Å². The molecule has 1 aliphatic carbocycles. The lowest BCUT2D eigenvalue weighted by Crippen LogP contribution is -2.59. The van der Waals surface area contributed by atoms with E-state index < -0.39 is 11.5 Å². The Bertz CT molecular complexity index is 455. The normalized spacial score (nSPS) is 25.5. The molecule has 5 heteroatoms. The van der Waals surface area contributed by atoms with E-state index in [1.54, 1.807) is 13.2 Å². The van der Waals surface area contributed by atoms with Gasteiger partial charge in [-0.15, -0.1) is 0 Å². The van der Waals surface area contributed by atoms with Crippen molar-refractivity contribution in [3.05, 3.63) is 24.3 Å². The molecule has 2 rings (SSSR count). The van der Waals surface area contributed by atoms with Gasteiger partial charge in [0.1, 0.15) is 11.3 Å². The molecule has 1 aromatic carbocycles. The van der Waals surface area contributed by atoms with E-state index in [4.69, 9.17) is 9.47 Å². The molecule has 0 spiro atoms. The van der Waals surface area contributed by atoms with Crippen LogP contribution >= 0.6 is 0 Å². The molecule has 1 saturated carbocycles. The summed E-state index contributed by atoms with van der Waals surface area (Å²) in [6.45, 7) is 2.52. The molecule has 0 heterocycles. The van der Waals surface area contributed by atoms with Crippen LogP contribution in [0.3, 0.4) is 0 Å². The predicted molar refractivity (Wildman–Crippen MR) is 71.6 cm³/mol. The standard InChI is InChI=1S/C14H19NO4/c1-3-19-12-8-14(9-12,13(16)17)15-10-5-4-6-11(7-10)18-2/h4-7,12,15H,3,8-9H2,1-2H3,(H,16,17). The van der Waals surface area contributed by atoms with Crippen LogP contribution in [-0.2, 0) is 9.53 Å². The smallest absolute Gasteiger partial charge is 0.329 e. The van der Waals surface area contributed by atoms with Gasteiger partial charge in [-0.05, 0) is 19.1 Å². The number of carboxylic acids is 1. The second-order valence-corrected chi connectivity index (χ2v) is 4.73. The SMILES string of the molecule is CCOC1CC(Nc2cccc(OC)c2)(C(=O)O)C1. The zero-order valence-corrected chi connectivity index (χ0v) is 11.2. The van der Waals surface area contributed by atoms with Crippen LogP contribution in [0.1, 0.15) is 19.8 Å². The van der Waals surface area contributed by atoms with E-state index >= 15 is 0 Å². The van der Waals surface area contributed by atoms with Crippen molar-refractivity contribution in [2.75, 3.05) is 19.0 Å². The maximum atomic E-state index is 11.5. The monoisotopic (exact) mass is 265 g/mol. The fourth-order valence-electron chi connectivity index (χ4n) is 2.38. The lowest BCUT2D eigenvalue weighted by Gasteiger charge is -2.44. The minimum absolute atomic E-state index is 0.0270. The number of nitrogens with one attached hydrogen (secondary N) is 1. The van der Waals surface area contributed by atoms with Gasteiger partial charge in [-0.1, -0.05) is 6.07 Å². The maximum absolute atomic E-state index is 11.5. The summed E-state index contributed by atoms with van der Waals surface area (Å²) in [7, 11) is 1.58. The van der Waals surface area contributed by atoms with Gasteiger partial charge in [0.05, 0.1) is 13.2 Å². The maximum Gasteiger partial charge on any atom is 0.329 e. The van der Waals surface area contributed by atoms with E-state index in [0.717, 1.165) is 5.69 Å². The lowest BCUT2D eigenvalue weighted by atomic mass is 9.74. The van der Waals surface area contributed by atoms with E-state index in [2.05, 4.69) is 5.32 Å². The number of hydrogen-bond donors (Lipinski definition) is 2. The average Bonchev–Trinajstić information content (AvgIpc) is 2.36. The topological polar surface area (TPSA) is 67.8 Å². The first-order valence-corrected chi connectivity index (χ1v) is 6.37. The van der Waals surface area contributed by atoms with Gasteiger partial charge in [0, 0.05) is 31.2 Å². The molecule has 1 fully saturated rings. The summed E-state index contributed by atoms with van der Waals surface area (Å²) in [5.74, 6) is -0.141.